The number of carbonyl (C=O) groups is 1. The van der Waals surface area contributed by atoms with Crippen molar-refractivity contribution in [2.45, 2.75) is 15.3 Å². The molecular weight excluding hydrogens is 259 g/mol. The Morgan fingerprint density at radius 2 is 2.12 bits per heavy atom. The van der Waals surface area contributed by atoms with Crippen LogP contribution in [0.3, 0.4) is 0 Å². The minimum atomic E-state index is -4.31. The van der Waals surface area contributed by atoms with Gasteiger partial charge in [0.15, 0.2) is 0 Å². The van der Waals surface area contributed by atoms with Gasteiger partial charge in [0.05, 0.1) is 11.4 Å². The first-order valence-electron chi connectivity index (χ1n) is 4.26. The molecule has 0 saturated carbocycles. The van der Waals surface area contributed by atoms with Crippen molar-refractivity contribution in [1.82, 2.24) is 0 Å². The number of halogens is 3. The van der Waals surface area contributed by atoms with Crippen LogP contribution in [0.5, 0.6) is 0 Å². The van der Waals surface area contributed by atoms with E-state index in [2.05, 4.69) is 5.32 Å². The summed E-state index contributed by atoms with van der Waals surface area (Å²) in [4.78, 5) is 11.9. The maximum atomic E-state index is 12.1. The maximum absolute atomic E-state index is 12.1. The molecule has 0 unspecified atom stereocenters. The van der Waals surface area contributed by atoms with Crippen LogP contribution in [0.1, 0.15) is 0 Å². The van der Waals surface area contributed by atoms with Crippen LogP contribution in [-0.4, -0.2) is 17.2 Å². The summed E-state index contributed by atoms with van der Waals surface area (Å²) in [7, 11) is 0. The summed E-state index contributed by atoms with van der Waals surface area (Å²) in [5.41, 5.74) is -3.85. The second kappa shape index (κ2) is 4.21. The summed E-state index contributed by atoms with van der Waals surface area (Å²) in [5, 5.41) is 2.55. The van der Waals surface area contributed by atoms with Crippen LogP contribution in [0.15, 0.2) is 28.0 Å². The van der Waals surface area contributed by atoms with Gasteiger partial charge in [0.1, 0.15) is 0 Å². The molecule has 0 aromatic heterocycles. The van der Waals surface area contributed by atoms with Gasteiger partial charge in [-0.2, -0.15) is 13.2 Å². The number of anilines is 1. The number of nitrogens with one attached hydrogen (secondary N) is 1. The van der Waals surface area contributed by atoms with Gasteiger partial charge < -0.3 is 5.32 Å². The molecule has 1 aliphatic rings. The van der Waals surface area contributed by atoms with E-state index in [1.54, 1.807) is 6.07 Å². The van der Waals surface area contributed by atoms with Crippen molar-refractivity contribution >= 4 is 35.1 Å². The molecule has 2 nitrogen and oxygen atoms in total. The van der Waals surface area contributed by atoms with Crippen molar-refractivity contribution in [2.75, 3.05) is 11.1 Å². The highest BCUT2D eigenvalue weighted by atomic mass is 32.2. The Balaban J connectivity index is 2.24. The van der Waals surface area contributed by atoms with Gasteiger partial charge in [-0.15, -0.1) is 11.8 Å². The number of amides is 1. The van der Waals surface area contributed by atoms with Crippen LogP contribution < -0.4 is 5.32 Å². The van der Waals surface area contributed by atoms with Crippen molar-refractivity contribution in [2.24, 2.45) is 0 Å². The first kappa shape index (κ1) is 11.7. The lowest BCUT2D eigenvalue weighted by atomic mass is 10.3. The van der Waals surface area contributed by atoms with E-state index in [9.17, 15) is 18.0 Å². The third-order valence-corrected chi connectivity index (χ3v) is 3.61. The molecular formula is C9H6F3NOS2. The SMILES string of the molecule is O=C1CSc2ccc(SC(F)(F)F)cc2N1. The van der Waals surface area contributed by atoms with Gasteiger partial charge in [0, 0.05) is 9.79 Å². The number of hydrogen-bond donors (Lipinski definition) is 1. The lowest BCUT2D eigenvalue weighted by Crippen LogP contribution is -2.18. The summed E-state index contributed by atoms with van der Waals surface area (Å²) >= 11 is 1.14. The van der Waals surface area contributed by atoms with Crippen LogP contribution in [0, 0.1) is 0 Å². The summed E-state index contributed by atoms with van der Waals surface area (Å²) in [6.45, 7) is 0. The molecule has 0 atom stereocenters. The Morgan fingerprint density at radius 3 is 2.81 bits per heavy atom. The first-order chi connectivity index (χ1) is 7.44. The quantitative estimate of drug-likeness (QED) is 0.790. The fourth-order valence-electron chi connectivity index (χ4n) is 1.26. The molecule has 1 heterocycles. The largest absolute Gasteiger partial charge is 0.446 e. The lowest BCUT2D eigenvalue weighted by Gasteiger charge is -2.17. The molecule has 0 radical (unpaired) electrons. The Bertz CT molecular complexity index is 433. The Labute approximate surface area is 98.0 Å². The van der Waals surface area contributed by atoms with Gasteiger partial charge in [-0.3, -0.25) is 4.79 Å². The predicted molar refractivity (Wildman–Crippen MR) is 57.7 cm³/mol. The zero-order valence-corrected chi connectivity index (χ0v) is 9.43. The van der Waals surface area contributed by atoms with Gasteiger partial charge in [-0.25, -0.2) is 0 Å². The second-order valence-corrected chi connectivity index (χ2v) is 5.20. The van der Waals surface area contributed by atoms with Crippen LogP contribution in [0.25, 0.3) is 0 Å². The molecule has 1 N–H and O–H groups in total. The molecule has 0 bridgehead atoms. The molecule has 1 aliphatic heterocycles. The number of thioether (sulfide) groups is 2. The van der Waals surface area contributed by atoms with Crippen molar-refractivity contribution < 1.29 is 18.0 Å². The summed E-state index contributed by atoms with van der Waals surface area (Å²) in [6.07, 6.45) is 0. The van der Waals surface area contributed by atoms with Gasteiger partial charge in [0.2, 0.25) is 5.91 Å². The van der Waals surface area contributed by atoms with Crippen molar-refractivity contribution in [3.8, 4) is 0 Å². The minimum Gasteiger partial charge on any atom is -0.324 e. The van der Waals surface area contributed by atoms with E-state index in [0.717, 1.165) is 4.90 Å². The zero-order valence-electron chi connectivity index (χ0n) is 7.80. The molecule has 2 rings (SSSR count). The van der Waals surface area contributed by atoms with E-state index >= 15 is 0 Å². The molecule has 0 aliphatic carbocycles. The fraction of sp³-hybridized carbons (Fsp3) is 0.222. The van der Waals surface area contributed by atoms with Crippen LogP contribution in [-0.2, 0) is 4.79 Å². The Hall–Kier alpha value is -0.820. The first-order valence-corrected chi connectivity index (χ1v) is 6.07. The van der Waals surface area contributed by atoms with Crippen LogP contribution in [0.2, 0.25) is 0 Å². The summed E-state index contributed by atoms with van der Waals surface area (Å²) < 4.78 is 36.4. The number of hydrogen-bond acceptors (Lipinski definition) is 3. The highest BCUT2D eigenvalue weighted by Gasteiger charge is 2.29. The molecule has 1 aromatic carbocycles. The smallest absolute Gasteiger partial charge is 0.324 e. The van der Waals surface area contributed by atoms with Crippen molar-refractivity contribution in [3.05, 3.63) is 18.2 Å². The molecule has 1 amide bonds. The van der Waals surface area contributed by atoms with Crippen molar-refractivity contribution in [3.63, 3.8) is 0 Å². The van der Waals surface area contributed by atoms with Crippen molar-refractivity contribution in [1.29, 1.82) is 0 Å². The topological polar surface area (TPSA) is 29.1 Å². The summed E-state index contributed by atoms with van der Waals surface area (Å²) in [5.74, 6) is 0.116. The molecule has 1 aromatic rings. The van der Waals surface area contributed by atoms with Gasteiger partial charge in [0.25, 0.3) is 0 Å². The average molecular weight is 265 g/mol. The van der Waals surface area contributed by atoms with Gasteiger partial charge >= 0.3 is 5.51 Å². The number of carbonyl (C=O) groups excluding carboxylic acids is 1. The number of fused-ring (bicyclic) bond motifs is 1. The maximum Gasteiger partial charge on any atom is 0.446 e. The van der Waals surface area contributed by atoms with E-state index in [1.165, 1.54) is 23.9 Å². The molecule has 0 fully saturated rings. The normalized spacial score (nSPS) is 15.6. The molecule has 16 heavy (non-hydrogen) atoms. The third-order valence-electron chi connectivity index (χ3n) is 1.82. The Kier molecular flexibility index (Phi) is 3.07. The second-order valence-electron chi connectivity index (χ2n) is 3.04. The van der Waals surface area contributed by atoms with E-state index in [1.807, 2.05) is 0 Å². The molecule has 0 saturated heterocycles. The number of benzene rings is 1. The van der Waals surface area contributed by atoms with Gasteiger partial charge in [-0.05, 0) is 30.0 Å². The molecule has 86 valence electrons. The lowest BCUT2D eigenvalue weighted by molar-refractivity contribution is -0.113. The average Bonchev–Trinajstić information content (AvgIpc) is 2.14. The van der Waals surface area contributed by atoms with E-state index < -0.39 is 5.51 Å². The molecule has 7 heteroatoms. The monoisotopic (exact) mass is 265 g/mol. The zero-order chi connectivity index (χ0) is 11.8. The van der Waals surface area contributed by atoms with E-state index in [-0.39, 0.29) is 22.6 Å². The van der Waals surface area contributed by atoms with Gasteiger partial charge in [-0.1, -0.05) is 0 Å². The standard InChI is InChI=1S/C9H6F3NOS2/c10-9(11,12)16-5-1-2-7-6(3-5)13-8(14)4-15-7/h1-3H,4H2,(H,13,14). The predicted octanol–water partition coefficient (Wildman–Crippen LogP) is 3.34. The fourth-order valence-corrected chi connectivity index (χ4v) is 2.63. The summed E-state index contributed by atoms with van der Waals surface area (Å²) in [6, 6.07) is 4.34. The van der Waals surface area contributed by atoms with E-state index in [4.69, 9.17) is 0 Å². The minimum absolute atomic E-state index is 0.0778. The van der Waals surface area contributed by atoms with Crippen LogP contribution in [0.4, 0.5) is 18.9 Å². The van der Waals surface area contributed by atoms with E-state index in [0.29, 0.717) is 11.4 Å². The number of alkyl halides is 3. The third kappa shape index (κ3) is 2.85. The highest BCUT2D eigenvalue weighted by molar-refractivity contribution is 8.00. The number of rotatable bonds is 1. The Morgan fingerprint density at radius 1 is 1.38 bits per heavy atom. The highest BCUT2D eigenvalue weighted by Crippen LogP contribution is 2.40. The van der Waals surface area contributed by atoms with Crippen LogP contribution >= 0.6 is 23.5 Å². The molecule has 0 spiro atoms.